The quantitative estimate of drug-likeness (QED) is 0.246. The van der Waals surface area contributed by atoms with Crippen molar-refractivity contribution in [2.45, 2.75) is 19.9 Å². The average molecular weight is 381 g/mol. The van der Waals surface area contributed by atoms with Gasteiger partial charge in [-0.2, -0.15) is 0 Å². The third-order valence-corrected chi connectivity index (χ3v) is 3.62. The van der Waals surface area contributed by atoms with Crippen LogP contribution in [0.5, 0.6) is 5.75 Å². The van der Waals surface area contributed by atoms with E-state index in [2.05, 4.69) is 15.6 Å². The molecule has 27 heavy (non-hydrogen) atoms. The van der Waals surface area contributed by atoms with Crippen molar-refractivity contribution in [1.82, 2.24) is 10.6 Å². The Balaban J connectivity index is 2.60. The number of hydrogen-bond donors (Lipinski definition) is 2. The van der Waals surface area contributed by atoms with Gasteiger partial charge in [-0.3, -0.25) is 0 Å². The van der Waals surface area contributed by atoms with Gasteiger partial charge in [-0.05, 0) is 31.0 Å². The molecular formula is C19H31N3O5. The lowest BCUT2D eigenvalue weighted by atomic mass is 10.1. The molecule has 0 atom stereocenters. The second kappa shape index (κ2) is 13.8. The maximum Gasteiger partial charge on any atom is 0.341 e. The molecule has 0 unspecified atom stereocenters. The molecule has 0 fully saturated rings. The van der Waals surface area contributed by atoms with Crippen molar-refractivity contribution in [1.29, 1.82) is 0 Å². The van der Waals surface area contributed by atoms with E-state index in [0.29, 0.717) is 43.6 Å². The highest BCUT2D eigenvalue weighted by Crippen LogP contribution is 2.21. The Kier molecular flexibility index (Phi) is 11.6. The Morgan fingerprint density at radius 2 is 1.93 bits per heavy atom. The summed E-state index contributed by atoms with van der Waals surface area (Å²) in [4.78, 5) is 16.4. The summed E-state index contributed by atoms with van der Waals surface area (Å²) in [6, 6.07) is 5.36. The summed E-state index contributed by atoms with van der Waals surface area (Å²) >= 11 is 0. The number of esters is 1. The van der Waals surface area contributed by atoms with E-state index < -0.39 is 5.97 Å². The van der Waals surface area contributed by atoms with E-state index in [9.17, 15) is 4.79 Å². The third kappa shape index (κ3) is 8.74. The van der Waals surface area contributed by atoms with Gasteiger partial charge in [0.25, 0.3) is 0 Å². The second-order valence-electron chi connectivity index (χ2n) is 5.61. The Hall–Kier alpha value is -2.32. The van der Waals surface area contributed by atoms with E-state index in [4.69, 9.17) is 18.9 Å². The lowest BCUT2D eigenvalue weighted by Crippen LogP contribution is -2.38. The summed E-state index contributed by atoms with van der Waals surface area (Å²) in [6.07, 6.45) is 0.864. The predicted molar refractivity (Wildman–Crippen MR) is 104 cm³/mol. The highest BCUT2D eigenvalue weighted by molar-refractivity contribution is 5.92. The number of nitrogens with one attached hydrogen (secondary N) is 2. The fourth-order valence-electron chi connectivity index (χ4n) is 2.26. The molecule has 0 amide bonds. The van der Waals surface area contributed by atoms with Crippen LogP contribution in [0.1, 0.15) is 29.3 Å². The van der Waals surface area contributed by atoms with E-state index in [0.717, 1.165) is 25.1 Å². The van der Waals surface area contributed by atoms with E-state index >= 15 is 0 Å². The number of hydrogen-bond acceptors (Lipinski definition) is 6. The lowest BCUT2D eigenvalue weighted by molar-refractivity contribution is 0.0597. The van der Waals surface area contributed by atoms with Crippen molar-refractivity contribution in [2.75, 3.05) is 54.2 Å². The zero-order valence-corrected chi connectivity index (χ0v) is 16.7. The first kappa shape index (κ1) is 22.7. The summed E-state index contributed by atoms with van der Waals surface area (Å²) in [6.45, 7) is 5.80. The Morgan fingerprint density at radius 3 is 2.59 bits per heavy atom. The van der Waals surface area contributed by atoms with E-state index in [1.54, 1.807) is 19.2 Å². The first-order valence-electron chi connectivity index (χ1n) is 9.00. The Bertz CT molecular complexity index is 593. The Morgan fingerprint density at radius 1 is 1.11 bits per heavy atom. The van der Waals surface area contributed by atoms with Crippen molar-refractivity contribution >= 4 is 11.9 Å². The standard InChI is InChI=1S/C19H31N3O5/c1-5-20-19(21-9-6-10-27-12-11-24-2)22-14-15-7-8-17(25-3)16(13-15)18(23)26-4/h7-8,13H,5-6,9-12,14H2,1-4H3,(H2,20,21,22). The average Bonchev–Trinajstić information content (AvgIpc) is 2.70. The molecule has 1 aromatic rings. The van der Waals surface area contributed by atoms with Crippen LogP contribution in [0.2, 0.25) is 0 Å². The van der Waals surface area contributed by atoms with E-state index in [1.165, 1.54) is 14.2 Å². The van der Waals surface area contributed by atoms with Crippen LogP contribution in [0, 0.1) is 0 Å². The molecule has 2 N–H and O–H groups in total. The molecule has 0 aliphatic heterocycles. The van der Waals surface area contributed by atoms with E-state index in [1.807, 2.05) is 13.0 Å². The number of carbonyl (C=O) groups excluding carboxylic acids is 1. The van der Waals surface area contributed by atoms with Crippen LogP contribution in [0.4, 0.5) is 0 Å². The molecule has 0 bridgehead atoms. The van der Waals surface area contributed by atoms with Crippen LogP contribution in [0.25, 0.3) is 0 Å². The Labute approximate surface area is 161 Å². The molecule has 0 saturated carbocycles. The maximum atomic E-state index is 11.9. The normalized spacial score (nSPS) is 11.2. The van der Waals surface area contributed by atoms with Gasteiger partial charge in [0.15, 0.2) is 5.96 Å². The summed E-state index contributed by atoms with van der Waals surface area (Å²) in [7, 11) is 4.52. The van der Waals surface area contributed by atoms with Gasteiger partial charge in [0.1, 0.15) is 11.3 Å². The molecule has 0 spiro atoms. The van der Waals surface area contributed by atoms with Gasteiger partial charge < -0.3 is 29.6 Å². The smallest absolute Gasteiger partial charge is 0.341 e. The van der Waals surface area contributed by atoms with Gasteiger partial charge >= 0.3 is 5.97 Å². The number of aliphatic imine (C=N–C) groups is 1. The first-order valence-corrected chi connectivity index (χ1v) is 9.00. The van der Waals surface area contributed by atoms with Crippen LogP contribution in [0.3, 0.4) is 0 Å². The van der Waals surface area contributed by atoms with Crippen LogP contribution in [0.15, 0.2) is 23.2 Å². The number of guanidine groups is 1. The summed E-state index contributed by atoms with van der Waals surface area (Å²) in [5, 5.41) is 6.46. The van der Waals surface area contributed by atoms with Crippen LogP contribution in [-0.2, 0) is 20.8 Å². The van der Waals surface area contributed by atoms with Gasteiger partial charge in [-0.25, -0.2) is 9.79 Å². The number of ether oxygens (including phenoxy) is 4. The monoisotopic (exact) mass is 381 g/mol. The molecule has 0 heterocycles. The maximum absolute atomic E-state index is 11.9. The SMILES string of the molecule is CCNC(=NCc1ccc(OC)c(C(=O)OC)c1)NCCCOCCOC. The van der Waals surface area contributed by atoms with Gasteiger partial charge in [-0.15, -0.1) is 0 Å². The van der Waals surface area contributed by atoms with Crippen LogP contribution < -0.4 is 15.4 Å². The number of carbonyl (C=O) groups is 1. The molecule has 1 rings (SSSR count). The summed E-state index contributed by atoms with van der Waals surface area (Å²) in [5.74, 6) is 0.758. The molecule has 0 radical (unpaired) electrons. The summed E-state index contributed by atoms with van der Waals surface area (Å²) < 4.78 is 20.4. The zero-order valence-electron chi connectivity index (χ0n) is 16.7. The molecule has 8 nitrogen and oxygen atoms in total. The van der Waals surface area contributed by atoms with E-state index in [-0.39, 0.29) is 0 Å². The van der Waals surface area contributed by atoms with Gasteiger partial charge in [0, 0.05) is 26.8 Å². The first-order chi connectivity index (χ1) is 13.2. The second-order valence-corrected chi connectivity index (χ2v) is 5.61. The molecule has 8 heteroatoms. The minimum Gasteiger partial charge on any atom is -0.496 e. The largest absolute Gasteiger partial charge is 0.496 e. The molecule has 0 aliphatic carbocycles. The number of rotatable bonds is 12. The zero-order chi connectivity index (χ0) is 19.9. The minimum absolute atomic E-state index is 0.388. The van der Waals surface area contributed by atoms with Crippen molar-refractivity contribution in [2.24, 2.45) is 4.99 Å². The van der Waals surface area contributed by atoms with Crippen LogP contribution in [-0.4, -0.2) is 66.2 Å². The predicted octanol–water partition coefficient (Wildman–Crippen LogP) is 1.59. The van der Waals surface area contributed by atoms with Gasteiger partial charge in [0.05, 0.1) is 34.0 Å². The number of methoxy groups -OCH3 is 3. The number of benzene rings is 1. The highest BCUT2D eigenvalue weighted by Gasteiger charge is 2.13. The topological polar surface area (TPSA) is 90.4 Å². The molecule has 1 aromatic carbocycles. The van der Waals surface area contributed by atoms with Crippen molar-refractivity contribution < 1.29 is 23.7 Å². The van der Waals surface area contributed by atoms with Crippen LogP contribution >= 0.6 is 0 Å². The molecule has 0 saturated heterocycles. The lowest BCUT2D eigenvalue weighted by Gasteiger charge is -2.12. The van der Waals surface area contributed by atoms with Gasteiger partial charge in [0.2, 0.25) is 0 Å². The third-order valence-electron chi connectivity index (χ3n) is 3.62. The molecule has 152 valence electrons. The summed E-state index contributed by atoms with van der Waals surface area (Å²) in [5.41, 5.74) is 1.27. The fraction of sp³-hybridized carbons (Fsp3) is 0.579. The van der Waals surface area contributed by atoms with Gasteiger partial charge in [-0.1, -0.05) is 6.07 Å². The molecular weight excluding hydrogens is 350 g/mol. The molecule has 0 aliphatic rings. The van der Waals surface area contributed by atoms with Crippen molar-refractivity contribution in [3.05, 3.63) is 29.3 Å². The van der Waals surface area contributed by atoms with Crippen molar-refractivity contribution in [3.8, 4) is 5.75 Å². The minimum atomic E-state index is -0.434. The fourth-order valence-corrected chi connectivity index (χ4v) is 2.26. The highest BCUT2D eigenvalue weighted by atomic mass is 16.5. The molecule has 0 aromatic heterocycles. The number of nitrogens with zero attached hydrogens (tertiary/aromatic N) is 1. The van der Waals surface area contributed by atoms with Crippen molar-refractivity contribution in [3.63, 3.8) is 0 Å².